The molecule has 0 saturated carbocycles. The van der Waals surface area contributed by atoms with Crippen LogP contribution in [0, 0.1) is 0 Å². The van der Waals surface area contributed by atoms with E-state index in [1.807, 2.05) is 48.5 Å². The van der Waals surface area contributed by atoms with Crippen LogP contribution in [0.3, 0.4) is 0 Å². The highest BCUT2D eigenvalue weighted by Gasteiger charge is 2.22. The van der Waals surface area contributed by atoms with Gasteiger partial charge in [-0.25, -0.2) is 0 Å². The second kappa shape index (κ2) is 7.33. The fourth-order valence-electron chi connectivity index (χ4n) is 2.00. The lowest BCUT2D eigenvalue weighted by Crippen LogP contribution is -2.21. The van der Waals surface area contributed by atoms with Crippen LogP contribution in [0.2, 0.25) is 0 Å². The number of benzene rings is 2. The van der Waals surface area contributed by atoms with Crippen LogP contribution >= 0.6 is 0 Å². The standard InChI is InChI=1S/C17H18O4/c1-19-14-9-6-10-15(11-14)21-12-16(17(18)20-2)13-7-4-3-5-8-13/h3-11,16H,12H2,1-2H3. The van der Waals surface area contributed by atoms with E-state index in [0.29, 0.717) is 11.5 Å². The van der Waals surface area contributed by atoms with Crippen molar-refractivity contribution in [3.05, 3.63) is 60.2 Å². The maximum atomic E-state index is 11.9. The van der Waals surface area contributed by atoms with E-state index in [4.69, 9.17) is 14.2 Å². The maximum absolute atomic E-state index is 11.9. The van der Waals surface area contributed by atoms with Gasteiger partial charge in [0, 0.05) is 6.07 Å². The number of hydrogen-bond donors (Lipinski definition) is 0. The monoisotopic (exact) mass is 286 g/mol. The zero-order valence-corrected chi connectivity index (χ0v) is 12.1. The second-order valence-corrected chi connectivity index (χ2v) is 4.48. The Morgan fingerprint density at radius 2 is 1.71 bits per heavy atom. The lowest BCUT2D eigenvalue weighted by atomic mass is 10.0. The summed E-state index contributed by atoms with van der Waals surface area (Å²) in [5.41, 5.74) is 0.868. The van der Waals surface area contributed by atoms with Gasteiger partial charge in [0.1, 0.15) is 24.0 Å². The van der Waals surface area contributed by atoms with E-state index in [0.717, 1.165) is 5.56 Å². The number of methoxy groups -OCH3 is 2. The number of carbonyl (C=O) groups excluding carboxylic acids is 1. The molecule has 2 aromatic rings. The molecule has 4 nitrogen and oxygen atoms in total. The molecule has 0 bridgehead atoms. The van der Waals surface area contributed by atoms with E-state index in [1.165, 1.54) is 7.11 Å². The van der Waals surface area contributed by atoms with Gasteiger partial charge in [0.05, 0.1) is 14.2 Å². The average Bonchev–Trinajstić information content (AvgIpc) is 2.56. The van der Waals surface area contributed by atoms with Gasteiger partial charge in [-0.3, -0.25) is 4.79 Å². The first-order valence-electron chi connectivity index (χ1n) is 6.64. The smallest absolute Gasteiger partial charge is 0.316 e. The van der Waals surface area contributed by atoms with Crippen molar-refractivity contribution in [2.24, 2.45) is 0 Å². The lowest BCUT2D eigenvalue weighted by Gasteiger charge is -2.16. The fourth-order valence-corrected chi connectivity index (χ4v) is 2.00. The molecule has 0 N–H and O–H groups in total. The quantitative estimate of drug-likeness (QED) is 0.766. The molecular formula is C17H18O4. The van der Waals surface area contributed by atoms with Crippen LogP contribution in [-0.2, 0) is 9.53 Å². The molecule has 2 rings (SSSR count). The lowest BCUT2D eigenvalue weighted by molar-refractivity contribution is -0.143. The second-order valence-electron chi connectivity index (χ2n) is 4.48. The molecule has 0 saturated heterocycles. The minimum Gasteiger partial charge on any atom is -0.497 e. The molecule has 2 aromatic carbocycles. The topological polar surface area (TPSA) is 44.8 Å². The summed E-state index contributed by atoms with van der Waals surface area (Å²) in [6.07, 6.45) is 0. The Balaban J connectivity index is 2.11. The molecule has 0 aliphatic rings. The minimum absolute atomic E-state index is 0.212. The van der Waals surface area contributed by atoms with Gasteiger partial charge in [0.15, 0.2) is 0 Å². The van der Waals surface area contributed by atoms with Crippen molar-refractivity contribution in [2.75, 3.05) is 20.8 Å². The average molecular weight is 286 g/mol. The molecule has 0 aliphatic carbocycles. The maximum Gasteiger partial charge on any atom is 0.316 e. The number of ether oxygens (including phenoxy) is 3. The highest BCUT2D eigenvalue weighted by molar-refractivity contribution is 5.78. The Morgan fingerprint density at radius 1 is 1.00 bits per heavy atom. The summed E-state index contributed by atoms with van der Waals surface area (Å²) < 4.78 is 15.7. The van der Waals surface area contributed by atoms with Crippen molar-refractivity contribution >= 4 is 5.97 Å². The van der Waals surface area contributed by atoms with Crippen molar-refractivity contribution in [3.8, 4) is 11.5 Å². The third kappa shape index (κ3) is 3.99. The molecule has 1 atom stereocenters. The largest absolute Gasteiger partial charge is 0.497 e. The first kappa shape index (κ1) is 14.9. The van der Waals surface area contributed by atoms with Gasteiger partial charge in [-0.1, -0.05) is 36.4 Å². The molecule has 0 heterocycles. The normalized spacial score (nSPS) is 11.5. The Kier molecular flexibility index (Phi) is 5.21. The van der Waals surface area contributed by atoms with Crippen molar-refractivity contribution < 1.29 is 19.0 Å². The molecule has 0 fully saturated rings. The summed E-state index contributed by atoms with van der Waals surface area (Å²) in [6, 6.07) is 16.7. The Labute approximate surface area is 124 Å². The third-order valence-electron chi connectivity index (χ3n) is 3.15. The molecule has 0 aromatic heterocycles. The van der Waals surface area contributed by atoms with Crippen LogP contribution in [0.25, 0.3) is 0 Å². The van der Waals surface area contributed by atoms with E-state index in [9.17, 15) is 4.79 Å². The predicted molar refractivity (Wildman–Crippen MR) is 79.7 cm³/mol. The van der Waals surface area contributed by atoms with Crippen molar-refractivity contribution in [3.63, 3.8) is 0 Å². The van der Waals surface area contributed by atoms with E-state index in [2.05, 4.69) is 0 Å². The molecular weight excluding hydrogens is 268 g/mol. The molecule has 1 unspecified atom stereocenters. The zero-order chi connectivity index (χ0) is 15.1. The van der Waals surface area contributed by atoms with Gasteiger partial charge < -0.3 is 14.2 Å². The van der Waals surface area contributed by atoms with Gasteiger partial charge in [-0.05, 0) is 17.7 Å². The number of rotatable bonds is 6. The SMILES string of the molecule is COC(=O)C(COc1cccc(OC)c1)c1ccccc1. The first-order chi connectivity index (χ1) is 10.2. The molecule has 0 amide bonds. The van der Waals surface area contributed by atoms with Crippen LogP contribution < -0.4 is 9.47 Å². The molecule has 110 valence electrons. The Bertz CT molecular complexity index is 580. The summed E-state index contributed by atoms with van der Waals surface area (Å²) in [5.74, 6) is 0.590. The van der Waals surface area contributed by atoms with Gasteiger partial charge >= 0.3 is 5.97 Å². The molecule has 0 radical (unpaired) electrons. The molecule has 4 heteroatoms. The first-order valence-corrected chi connectivity index (χ1v) is 6.64. The van der Waals surface area contributed by atoms with Gasteiger partial charge in [-0.15, -0.1) is 0 Å². The van der Waals surface area contributed by atoms with Crippen molar-refractivity contribution in [2.45, 2.75) is 5.92 Å². The Morgan fingerprint density at radius 3 is 2.38 bits per heavy atom. The van der Waals surface area contributed by atoms with Crippen LogP contribution in [0.1, 0.15) is 11.5 Å². The van der Waals surface area contributed by atoms with Crippen LogP contribution in [-0.4, -0.2) is 26.8 Å². The summed E-state index contributed by atoms with van der Waals surface area (Å²) >= 11 is 0. The summed E-state index contributed by atoms with van der Waals surface area (Å²) in [5, 5.41) is 0. The van der Waals surface area contributed by atoms with Gasteiger partial charge in [-0.2, -0.15) is 0 Å². The fraction of sp³-hybridized carbons (Fsp3) is 0.235. The third-order valence-corrected chi connectivity index (χ3v) is 3.15. The van der Waals surface area contributed by atoms with Crippen LogP contribution in [0.15, 0.2) is 54.6 Å². The minimum atomic E-state index is -0.456. The van der Waals surface area contributed by atoms with E-state index in [-0.39, 0.29) is 12.6 Å². The highest BCUT2D eigenvalue weighted by Crippen LogP contribution is 2.22. The Hall–Kier alpha value is -2.49. The van der Waals surface area contributed by atoms with Gasteiger partial charge in [0.2, 0.25) is 0 Å². The molecule has 0 spiro atoms. The number of hydrogen-bond acceptors (Lipinski definition) is 4. The van der Waals surface area contributed by atoms with E-state index < -0.39 is 5.92 Å². The summed E-state index contributed by atoms with van der Waals surface area (Å²) in [4.78, 5) is 11.9. The molecule has 21 heavy (non-hydrogen) atoms. The number of esters is 1. The van der Waals surface area contributed by atoms with E-state index in [1.54, 1.807) is 13.2 Å². The molecule has 0 aliphatic heterocycles. The number of carbonyl (C=O) groups is 1. The summed E-state index contributed by atoms with van der Waals surface area (Å²) in [7, 11) is 2.98. The highest BCUT2D eigenvalue weighted by atomic mass is 16.5. The van der Waals surface area contributed by atoms with Crippen molar-refractivity contribution in [1.82, 2.24) is 0 Å². The van der Waals surface area contributed by atoms with E-state index >= 15 is 0 Å². The van der Waals surface area contributed by atoms with Crippen molar-refractivity contribution in [1.29, 1.82) is 0 Å². The van der Waals surface area contributed by atoms with Crippen LogP contribution in [0.4, 0.5) is 0 Å². The predicted octanol–water partition coefficient (Wildman–Crippen LogP) is 3.03. The summed E-state index contributed by atoms with van der Waals surface area (Å²) in [6.45, 7) is 0.212. The van der Waals surface area contributed by atoms with Gasteiger partial charge in [0.25, 0.3) is 0 Å². The zero-order valence-electron chi connectivity index (χ0n) is 12.1. The van der Waals surface area contributed by atoms with Crippen LogP contribution in [0.5, 0.6) is 11.5 Å².